The lowest BCUT2D eigenvalue weighted by atomic mass is 9.95. The van der Waals surface area contributed by atoms with Gasteiger partial charge in [0, 0.05) is 22.0 Å². The number of nitrogens with zero attached hydrogens (tertiary/aromatic N) is 1. The van der Waals surface area contributed by atoms with Crippen molar-refractivity contribution in [3.63, 3.8) is 0 Å². The molecule has 1 aromatic carbocycles. The summed E-state index contributed by atoms with van der Waals surface area (Å²) in [5, 5.41) is 0. The van der Waals surface area contributed by atoms with Crippen LogP contribution < -0.4 is 5.73 Å². The first-order valence-electron chi connectivity index (χ1n) is 6.49. The van der Waals surface area contributed by atoms with Crippen LogP contribution >= 0.6 is 55.8 Å². The third-order valence-corrected chi connectivity index (χ3v) is 6.97. The predicted octanol–water partition coefficient (Wildman–Crippen LogP) is 3.84. The van der Waals surface area contributed by atoms with Gasteiger partial charge in [-0.2, -0.15) is 11.8 Å². The Morgan fingerprint density at radius 1 is 1.38 bits per heavy atom. The maximum Gasteiger partial charge on any atom is 0.255 e. The number of halogens is 2. The number of thioether (sulfide) groups is 1. The standard InChI is InChI=1S/C14H16Br2N2OS2/c1-21-14(13(17)20)4-6-18(7-5-14)12(19)10-8-9(15)2-3-11(10)16/h2-3,8H,4-7H2,1H3,(H2,17,20). The SMILES string of the molecule is CSC1(C(N)=S)CCN(C(=O)c2cc(Br)ccc2Br)CC1. The minimum absolute atomic E-state index is 0.0424. The van der Waals surface area contributed by atoms with Crippen LogP contribution in [-0.4, -0.2) is 39.9 Å². The molecular formula is C14H16Br2N2OS2. The van der Waals surface area contributed by atoms with E-state index >= 15 is 0 Å². The maximum atomic E-state index is 12.6. The van der Waals surface area contributed by atoms with Gasteiger partial charge >= 0.3 is 0 Å². The van der Waals surface area contributed by atoms with Crippen molar-refractivity contribution in [2.24, 2.45) is 5.73 Å². The molecule has 3 nitrogen and oxygen atoms in total. The molecule has 1 aliphatic heterocycles. The number of amides is 1. The molecule has 0 aliphatic carbocycles. The second-order valence-electron chi connectivity index (χ2n) is 4.98. The van der Waals surface area contributed by atoms with E-state index in [1.165, 1.54) is 0 Å². The fourth-order valence-electron chi connectivity index (χ4n) is 2.45. The highest BCUT2D eigenvalue weighted by atomic mass is 79.9. The number of carbonyl (C=O) groups excluding carboxylic acids is 1. The number of likely N-dealkylation sites (tertiary alicyclic amines) is 1. The molecule has 2 N–H and O–H groups in total. The molecule has 1 amide bonds. The fourth-order valence-corrected chi connectivity index (χ4v) is 4.48. The topological polar surface area (TPSA) is 46.3 Å². The molecule has 1 heterocycles. The third kappa shape index (κ3) is 3.63. The fraction of sp³-hybridized carbons (Fsp3) is 0.429. The van der Waals surface area contributed by atoms with Gasteiger partial charge in [-0.15, -0.1) is 0 Å². The Kier molecular flexibility index (Phi) is 5.73. The summed E-state index contributed by atoms with van der Waals surface area (Å²) >= 11 is 13.8. The molecule has 0 saturated carbocycles. The summed E-state index contributed by atoms with van der Waals surface area (Å²) in [4.78, 5) is 15.1. The van der Waals surface area contributed by atoms with Gasteiger partial charge in [0.05, 0.1) is 15.3 Å². The number of thiocarbonyl (C=S) groups is 1. The van der Waals surface area contributed by atoms with E-state index in [0.717, 1.165) is 21.8 Å². The Hall–Kier alpha value is -0.110. The lowest BCUT2D eigenvalue weighted by Crippen LogP contribution is -2.50. The van der Waals surface area contributed by atoms with Crippen LogP contribution in [0.1, 0.15) is 23.2 Å². The second-order valence-corrected chi connectivity index (χ2v) is 8.38. The summed E-state index contributed by atoms with van der Waals surface area (Å²) in [5.41, 5.74) is 6.56. The minimum atomic E-state index is -0.166. The van der Waals surface area contributed by atoms with Gasteiger partial charge in [0.1, 0.15) is 0 Å². The first-order valence-corrected chi connectivity index (χ1v) is 9.71. The van der Waals surface area contributed by atoms with Gasteiger partial charge < -0.3 is 10.6 Å². The van der Waals surface area contributed by atoms with Crippen LogP contribution in [0.2, 0.25) is 0 Å². The van der Waals surface area contributed by atoms with Gasteiger partial charge in [0.2, 0.25) is 0 Å². The summed E-state index contributed by atoms with van der Waals surface area (Å²) in [5.74, 6) is 0.0424. The molecule has 1 saturated heterocycles. The lowest BCUT2D eigenvalue weighted by Gasteiger charge is -2.40. The Morgan fingerprint density at radius 2 is 2.00 bits per heavy atom. The summed E-state index contributed by atoms with van der Waals surface area (Å²) in [6.07, 6.45) is 3.64. The molecule has 0 radical (unpaired) electrons. The predicted molar refractivity (Wildman–Crippen MR) is 100 cm³/mol. The zero-order valence-corrected chi connectivity index (χ0v) is 16.4. The number of benzene rings is 1. The van der Waals surface area contributed by atoms with Crippen molar-refractivity contribution in [3.05, 3.63) is 32.7 Å². The molecule has 0 unspecified atom stereocenters. The van der Waals surface area contributed by atoms with Gasteiger partial charge in [0.15, 0.2) is 0 Å². The number of piperidine rings is 1. The Labute approximate surface area is 151 Å². The number of hydrogen-bond donors (Lipinski definition) is 1. The van der Waals surface area contributed by atoms with Crippen molar-refractivity contribution >= 4 is 66.7 Å². The molecule has 21 heavy (non-hydrogen) atoms. The average Bonchev–Trinajstić information content (AvgIpc) is 2.49. The van der Waals surface area contributed by atoms with E-state index in [1.54, 1.807) is 11.8 Å². The van der Waals surface area contributed by atoms with Crippen LogP contribution in [0.3, 0.4) is 0 Å². The van der Waals surface area contributed by atoms with E-state index in [0.29, 0.717) is 23.6 Å². The third-order valence-electron chi connectivity index (χ3n) is 3.86. The Morgan fingerprint density at radius 3 is 2.52 bits per heavy atom. The molecule has 0 spiro atoms. The molecule has 0 atom stereocenters. The smallest absolute Gasteiger partial charge is 0.255 e. The molecule has 1 fully saturated rings. The minimum Gasteiger partial charge on any atom is -0.392 e. The summed E-state index contributed by atoms with van der Waals surface area (Å²) in [7, 11) is 0. The van der Waals surface area contributed by atoms with Crippen molar-refractivity contribution in [2.75, 3.05) is 19.3 Å². The molecule has 114 valence electrons. The quantitative estimate of drug-likeness (QED) is 0.709. The van der Waals surface area contributed by atoms with E-state index < -0.39 is 0 Å². The van der Waals surface area contributed by atoms with E-state index in [-0.39, 0.29) is 10.7 Å². The van der Waals surface area contributed by atoms with E-state index in [9.17, 15) is 4.79 Å². The van der Waals surface area contributed by atoms with Crippen molar-refractivity contribution < 1.29 is 4.79 Å². The monoisotopic (exact) mass is 450 g/mol. The van der Waals surface area contributed by atoms with Crippen LogP contribution in [0.15, 0.2) is 27.1 Å². The van der Waals surface area contributed by atoms with Gasteiger partial charge in [-0.05, 0) is 53.2 Å². The first kappa shape index (κ1) is 17.2. The normalized spacial score (nSPS) is 17.6. The Bertz CT molecular complexity index is 572. The lowest BCUT2D eigenvalue weighted by molar-refractivity contribution is 0.0718. The highest BCUT2D eigenvalue weighted by molar-refractivity contribution is 9.11. The highest BCUT2D eigenvalue weighted by Gasteiger charge is 2.38. The zero-order valence-electron chi connectivity index (χ0n) is 11.6. The van der Waals surface area contributed by atoms with Crippen molar-refractivity contribution in [3.8, 4) is 0 Å². The van der Waals surface area contributed by atoms with E-state index in [1.807, 2.05) is 29.4 Å². The van der Waals surface area contributed by atoms with Gasteiger partial charge in [-0.1, -0.05) is 28.1 Å². The van der Waals surface area contributed by atoms with Crippen molar-refractivity contribution in [2.45, 2.75) is 17.6 Å². The number of nitrogens with two attached hydrogens (primary N) is 1. The van der Waals surface area contributed by atoms with E-state index in [2.05, 4.69) is 31.9 Å². The van der Waals surface area contributed by atoms with E-state index in [4.69, 9.17) is 18.0 Å². The van der Waals surface area contributed by atoms with Gasteiger partial charge in [-0.25, -0.2) is 0 Å². The Balaban J connectivity index is 2.13. The van der Waals surface area contributed by atoms with Crippen LogP contribution in [0.4, 0.5) is 0 Å². The number of carbonyl (C=O) groups is 1. The molecule has 1 aliphatic rings. The van der Waals surface area contributed by atoms with Crippen LogP contribution in [0.5, 0.6) is 0 Å². The zero-order chi connectivity index (χ0) is 15.6. The van der Waals surface area contributed by atoms with Crippen molar-refractivity contribution in [1.29, 1.82) is 0 Å². The molecule has 2 rings (SSSR count). The van der Waals surface area contributed by atoms with Crippen LogP contribution in [0, 0.1) is 0 Å². The second kappa shape index (κ2) is 6.98. The average molecular weight is 452 g/mol. The number of rotatable bonds is 3. The molecule has 0 aromatic heterocycles. The van der Waals surface area contributed by atoms with Gasteiger partial charge in [-0.3, -0.25) is 4.79 Å². The molecule has 1 aromatic rings. The summed E-state index contributed by atoms with van der Waals surface area (Å²) in [6.45, 7) is 1.35. The summed E-state index contributed by atoms with van der Waals surface area (Å²) in [6, 6.07) is 5.63. The van der Waals surface area contributed by atoms with Crippen LogP contribution in [0.25, 0.3) is 0 Å². The van der Waals surface area contributed by atoms with Crippen molar-refractivity contribution in [1.82, 2.24) is 4.90 Å². The summed E-state index contributed by atoms with van der Waals surface area (Å²) < 4.78 is 1.54. The molecular weight excluding hydrogens is 436 g/mol. The molecule has 0 bridgehead atoms. The maximum absolute atomic E-state index is 12.6. The molecule has 7 heteroatoms. The highest BCUT2D eigenvalue weighted by Crippen LogP contribution is 2.35. The first-order chi connectivity index (χ1) is 9.89. The largest absolute Gasteiger partial charge is 0.392 e. The van der Waals surface area contributed by atoms with Gasteiger partial charge in [0.25, 0.3) is 5.91 Å². The van der Waals surface area contributed by atoms with Crippen LogP contribution in [-0.2, 0) is 0 Å². The number of hydrogen-bond acceptors (Lipinski definition) is 3.